The number of aromatic nitrogens is 2. The van der Waals surface area contributed by atoms with Gasteiger partial charge in [-0.1, -0.05) is 54.2 Å². The first kappa shape index (κ1) is 20.4. The molecule has 1 aromatic heterocycles. The summed E-state index contributed by atoms with van der Waals surface area (Å²) in [5, 5.41) is 6.34. The molecule has 0 saturated carbocycles. The molecule has 0 aliphatic rings. The van der Waals surface area contributed by atoms with Gasteiger partial charge in [0.25, 0.3) is 0 Å². The van der Waals surface area contributed by atoms with E-state index in [-0.39, 0.29) is 11.9 Å². The molecule has 0 aliphatic heterocycles. The minimum atomic E-state index is -0.0593. The lowest BCUT2D eigenvalue weighted by atomic mass is 10.00. The van der Waals surface area contributed by atoms with Crippen molar-refractivity contribution in [2.45, 2.75) is 38.5 Å². The lowest BCUT2D eigenvalue weighted by molar-refractivity contribution is -0.119. The Labute approximate surface area is 170 Å². The van der Waals surface area contributed by atoms with Gasteiger partial charge in [-0.25, -0.2) is 4.98 Å². The Hall–Kier alpha value is -2.31. The number of carbonyl (C=O) groups is 1. The van der Waals surface area contributed by atoms with Crippen LogP contribution in [0.5, 0.6) is 0 Å². The molecule has 5 nitrogen and oxygen atoms in total. The highest BCUT2D eigenvalue weighted by molar-refractivity contribution is 7.99. The van der Waals surface area contributed by atoms with Crippen molar-refractivity contribution >= 4 is 28.4 Å². The van der Waals surface area contributed by atoms with E-state index in [4.69, 9.17) is 4.74 Å². The summed E-state index contributed by atoms with van der Waals surface area (Å²) < 4.78 is 7.31. The molecule has 3 rings (SSSR count). The van der Waals surface area contributed by atoms with E-state index in [1.807, 2.05) is 39.0 Å². The molecular formula is C22H27N3O2S. The van der Waals surface area contributed by atoms with Crippen molar-refractivity contribution in [3.8, 4) is 0 Å². The van der Waals surface area contributed by atoms with Gasteiger partial charge in [-0.15, -0.1) is 0 Å². The second-order valence-electron chi connectivity index (χ2n) is 6.86. The van der Waals surface area contributed by atoms with Crippen LogP contribution in [0, 0.1) is 13.8 Å². The molecule has 1 unspecified atom stereocenters. The molecule has 1 heterocycles. The van der Waals surface area contributed by atoms with E-state index in [9.17, 15) is 4.79 Å². The van der Waals surface area contributed by atoms with Gasteiger partial charge in [0, 0.05) is 19.3 Å². The van der Waals surface area contributed by atoms with E-state index in [1.165, 1.54) is 22.5 Å². The van der Waals surface area contributed by atoms with Crippen LogP contribution in [0.25, 0.3) is 10.8 Å². The van der Waals surface area contributed by atoms with Crippen LogP contribution in [0.3, 0.4) is 0 Å². The van der Waals surface area contributed by atoms with Crippen molar-refractivity contribution < 1.29 is 9.53 Å². The maximum absolute atomic E-state index is 12.6. The largest absolute Gasteiger partial charge is 0.383 e. The molecule has 0 bridgehead atoms. The third kappa shape index (κ3) is 4.56. The molecule has 0 fully saturated rings. The number of benzene rings is 2. The second-order valence-corrected chi connectivity index (χ2v) is 7.80. The van der Waals surface area contributed by atoms with Crippen LogP contribution in [0.2, 0.25) is 0 Å². The Kier molecular flexibility index (Phi) is 6.75. The Morgan fingerprint density at radius 1 is 1.21 bits per heavy atom. The molecule has 0 aliphatic carbocycles. The summed E-state index contributed by atoms with van der Waals surface area (Å²) in [5.41, 5.74) is 3.23. The summed E-state index contributed by atoms with van der Waals surface area (Å²) in [6.07, 6.45) is 0. The van der Waals surface area contributed by atoms with Crippen LogP contribution in [0.15, 0.2) is 47.6 Å². The fraction of sp³-hybridized carbons (Fsp3) is 0.364. The number of hydrogen-bond donors (Lipinski definition) is 1. The zero-order valence-electron chi connectivity index (χ0n) is 16.9. The van der Waals surface area contributed by atoms with Crippen molar-refractivity contribution in [1.29, 1.82) is 0 Å². The Morgan fingerprint density at radius 2 is 1.96 bits per heavy atom. The van der Waals surface area contributed by atoms with Gasteiger partial charge in [0.1, 0.15) is 0 Å². The van der Waals surface area contributed by atoms with Crippen LogP contribution in [-0.2, 0) is 16.1 Å². The summed E-state index contributed by atoms with van der Waals surface area (Å²) in [4.78, 5) is 17.2. The maximum atomic E-state index is 12.6. The maximum Gasteiger partial charge on any atom is 0.230 e. The first-order chi connectivity index (χ1) is 13.5. The van der Waals surface area contributed by atoms with Gasteiger partial charge < -0.3 is 14.6 Å². The van der Waals surface area contributed by atoms with Crippen molar-refractivity contribution in [2.24, 2.45) is 0 Å². The van der Waals surface area contributed by atoms with E-state index in [0.29, 0.717) is 12.4 Å². The van der Waals surface area contributed by atoms with E-state index < -0.39 is 0 Å². The number of thioether (sulfide) groups is 1. The van der Waals surface area contributed by atoms with Crippen LogP contribution in [0.1, 0.15) is 29.9 Å². The zero-order chi connectivity index (χ0) is 20.1. The number of hydrogen-bond acceptors (Lipinski definition) is 4. The normalized spacial score (nSPS) is 12.3. The van der Waals surface area contributed by atoms with E-state index in [1.54, 1.807) is 7.11 Å². The number of amides is 1. The third-order valence-electron chi connectivity index (χ3n) is 4.94. The monoisotopic (exact) mass is 397 g/mol. The molecule has 0 saturated heterocycles. The number of aryl methyl sites for hydroxylation is 1. The lowest BCUT2D eigenvalue weighted by Gasteiger charge is -2.16. The summed E-state index contributed by atoms with van der Waals surface area (Å²) in [6, 6.07) is 14.4. The molecular weight excluding hydrogens is 370 g/mol. The quantitative estimate of drug-likeness (QED) is 0.577. The number of ether oxygens (including phenoxy) is 1. The van der Waals surface area contributed by atoms with E-state index in [0.717, 1.165) is 28.7 Å². The fourth-order valence-electron chi connectivity index (χ4n) is 3.30. The minimum absolute atomic E-state index is 0.00188. The molecule has 6 heteroatoms. The van der Waals surface area contributed by atoms with Gasteiger partial charge in [-0.05, 0) is 37.1 Å². The highest BCUT2D eigenvalue weighted by atomic mass is 32.2. The number of rotatable bonds is 8. The van der Waals surface area contributed by atoms with E-state index >= 15 is 0 Å². The summed E-state index contributed by atoms with van der Waals surface area (Å²) in [5.74, 6) is 0.333. The number of nitrogens with one attached hydrogen (secondary N) is 1. The van der Waals surface area contributed by atoms with Crippen molar-refractivity contribution in [3.05, 3.63) is 59.4 Å². The van der Waals surface area contributed by atoms with Crippen LogP contribution < -0.4 is 5.32 Å². The molecule has 1 amide bonds. The van der Waals surface area contributed by atoms with Gasteiger partial charge in [0.05, 0.1) is 24.1 Å². The highest BCUT2D eigenvalue weighted by Crippen LogP contribution is 2.25. The van der Waals surface area contributed by atoms with Crippen molar-refractivity contribution in [2.75, 3.05) is 19.5 Å². The summed E-state index contributed by atoms with van der Waals surface area (Å²) in [6.45, 7) is 7.42. The molecule has 0 radical (unpaired) electrons. The average molecular weight is 398 g/mol. The smallest absolute Gasteiger partial charge is 0.230 e. The van der Waals surface area contributed by atoms with Gasteiger partial charge in [-0.2, -0.15) is 0 Å². The molecule has 2 aromatic carbocycles. The predicted octanol–water partition coefficient (Wildman–Crippen LogP) is 4.27. The predicted molar refractivity (Wildman–Crippen MR) is 115 cm³/mol. The summed E-state index contributed by atoms with van der Waals surface area (Å²) >= 11 is 1.47. The lowest BCUT2D eigenvalue weighted by Crippen LogP contribution is -2.28. The molecule has 28 heavy (non-hydrogen) atoms. The standard InChI is InChI=1S/C22H27N3O2S/c1-15-17(3)25(12-13-27-4)22(24-15)28-14-21(26)23-16(2)19-11-7-9-18-8-5-6-10-20(18)19/h5-11,16H,12-14H2,1-4H3,(H,23,26). The number of methoxy groups -OCH3 is 1. The highest BCUT2D eigenvalue weighted by Gasteiger charge is 2.16. The second kappa shape index (κ2) is 9.26. The van der Waals surface area contributed by atoms with Crippen molar-refractivity contribution in [1.82, 2.24) is 14.9 Å². The zero-order valence-corrected chi connectivity index (χ0v) is 17.7. The number of carbonyl (C=O) groups excluding carboxylic acids is 1. The molecule has 0 spiro atoms. The topological polar surface area (TPSA) is 56.1 Å². The SMILES string of the molecule is COCCn1c(SCC(=O)NC(C)c2cccc3ccccc23)nc(C)c1C. The number of imidazole rings is 1. The minimum Gasteiger partial charge on any atom is -0.383 e. The first-order valence-corrected chi connectivity index (χ1v) is 10.4. The van der Waals surface area contributed by atoms with E-state index in [2.05, 4.69) is 39.1 Å². The fourth-order valence-corrected chi connectivity index (χ4v) is 4.23. The van der Waals surface area contributed by atoms with Crippen molar-refractivity contribution in [3.63, 3.8) is 0 Å². The van der Waals surface area contributed by atoms with Crippen LogP contribution in [0.4, 0.5) is 0 Å². The van der Waals surface area contributed by atoms with Gasteiger partial charge >= 0.3 is 0 Å². The Balaban J connectivity index is 1.65. The third-order valence-corrected chi connectivity index (χ3v) is 5.92. The molecule has 1 atom stereocenters. The van der Waals surface area contributed by atoms with Crippen LogP contribution >= 0.6 is 11.8 Å². The molecule has 148 valence electrons. The Morgan fingerprint density at radius 3 is 2.75 bits per heavy atom. The van der Waals surface area contributed by atoms with Gasteiger partial charge in [-0.3, -0.25) is 4.79 Å². The first-order valence-electron chi connectivity index (χ1n) is 9.43. The summed E-state index contributed by atoms with van der Waals surface area (Å²) in [7, 11) is 1.69. The number of fused-ring (bicyclic) bond motifs is 1. The van der Waals surface area contributed by atoms with Gasteiger partial charge in [0.2, 0.25) is 5.91 Å². The molecule has 3 aromatic rings. The number of nitrogens with zero attached hydrogens (tertiary/aromatic N) is 2. The molecule has 1 N–H and O–H groups in total. The Bertz CT molecular complexity index is 962. The van der Waals surface area contributed by atoms with Crippen LogP contribution in [-0.4, -0.2) is 34.9 Å². The van der Waals surface area contributed by atoms with Gasteiger partial charge in [0.15, 0.2) is 5.16 Å². The average Bonchev–Trinajstić information content (AvgIpc) is 2.97.